The predicted octanol–water partition coefficient (Wildman–Crippen LogP) is 9.04. The van der Waals surface area contributed by atoms with E-state index < -0.39 is 0 Å². The summed E-state index contributed by atoms with van der Waals surface area (Å²) >= 11 is 0.667. The van der Waals surface area contributed by atoms with Crippen LogP contribution in [-0.4, -0.2) is 124 Å². The average molecular weight is 834 g/mol. The van der Waals surface area contributed by atoms with E-state index in [0.717, 1.165) is 0 Å². The van der Waals surface area contributed by atoms with Crippen LogP contribution >= 0.6 is 0 Å². The van der Waals surface area contributed by atoms with Gasteiger partial charge in [-0.1, -0.05) is 98.2 Å². The third-order valence-corrected chi connectivity index (χ3v) is 0. The van der Waals surface area contributed by atoms with Crippen LogP contribution in [0.25, 0.3) is 0 Å². The minimum absolute atomic E-state index is 0. The van der Waals surface area contributed by atoms with Gasteiger partial charge in [0, 0.05) is 79.2 Å². The third kappa shape index (κ3) is 2520. The van der Waals surface area contributed by atoms with Gasteiger partial charge in [0.2, 0.25) is 0 Å². The van der Waals surface area contributed by atoms with Crippen molar-refractivity contribution < 1.29 is 0 Å². The Morgan fingerprint density at radius 1 is 0.344 bits per heavy atom. The zero-order valence-electron chi connectivity index (χ0n) is 27.0. The summed E-state index contributed by atoms with van der Waals surface area (Å²) in [6.45, 7) is 34.0. The predicted molar refractivity (Wildman–Crippen MR) is 187 cm³/mol. The van der Waals surface area contributed by atoms with E-state index in [1.807, 2.05) is 0 Å². The fourth-order valence-corrected chi connectivity index (χ4v) is 0. The van der Waals surface area contributed by atoms with Crippen LogP contribution < -0.4 is 0 Å². The largest absolute Gasteiger partial charge is 0 e. The van der Waals surface area contributed by atoms with Crippen molar-refractivity contribution in [1.29, 1.82) is 0 Å². The molecule has 0 rings (SSSR count). The van der Waals surface area contributed by atoms with E-state index in [4.69, 9.17) is 0 Å². The van der Waals surface area contributed by atoms with Crippen molar-refractivity contribution in [3.8, 4) is 0 Å². The van der Waals surface area contributed by atoms with Crippen molar-refractivity contribution >= 4 is 124 Å². The van der Waals surface area contributed by atoms with Crippen LogP contribution in [0.1, 0.15) is 0 Å². The van der Waals surface area contributed by atoms with Gasteiger partial charge in [-0.3, -0.25) is 0 Å². The summed E-state index contributed by atoms with van der Waals surface area (Å²) in [5.41, 5.74) is 0. The second kappa shape index (κ2) is 70.2. The summed E-state index contributed by atoms with van der Waals surface area (Å²) in [6.07, 6.45) is 0. The first-order valence-electron chi connectivity index (χ1n) is 11.0. The molecular formula is C22H66Ge5Si5. The molecule has 0 aliphatic heterocycles. The summed E-state index contributed by atoms with van der Waals surface area (Å²) in [5.74, 6) is 16.0. The number of hydrogen-bond acceptors (Lipinski definition) is 0. The standard InChI is InChI=1S/C3H9Ge.5C3H9Si.2C2H6Ge.2Ge/c6*1-4(2)3;2*1-3-2;;/h6*1-3H3;2*1-2H3;;. The fourth-order valence-electron chi connectivity index (χ4n) is 0. The van der Waals surface area contributed by atoms with Gasteiger partial charge in [-0.05, 0) is 0 Å². The summed E-state index contributed by atoms with van der Waals surface area (Å²) in [7, 11) is 0.602. The molecule has 0 amide bonds. The molecule has 0 spiro atoms. The normalized spacial score (nSPS) is 7.88. The topological polar surface area (TPSA) is 0 Å². The smallest absolute Gasteiger partial charge is 0 e. The molecule has 0 aliphatic rings. The Labute approximate surface area is 260 Å². The maximum absolute atomic E-state index is 2.33. The quantitative estimate of drug-likeness (QED) is 0.214. The molecule has 0 aromatic carbocycles. The molecule has 0 atom stereocenters. The van der Waals surface area contributed by atoms with E-state index in [1.54, 1.807) is 0 Å². The molecule has 0 aromatic rings. The van der Waals surface area contributed by atoms with Gasteiger partial charge >= 0.3 is 85.5 Å². The van der Waals surface area contributed by atoms with Gasteiger partial charge in [0.1, 0.15) is 0 Å². The monoisotopic (exact) mass is 840 g/mol. The Morgan fingerprint density at radius 2 is 0.344 bits per heavy atom. The third-order valence-electron chi connectivity index (χ3n) is 0. The fraction of sp³-hybridized carbons (Fsp3) is 1.00. The molecule has 0 bridgehead atoms. The van der Waals surface area contributed by atoms with E-state index in [2.05, 4.69) is 138 Å². The number of rotatable bonds is 0. The van der Waals surface area contributed by atoms with Crippen molar-refractivity contribution in [3.05, 3.63) is 0 Å². The molecule has 0 saturated heterocycles. The zero-order valence-corrected chi connectivity index (χ0v) is 42.5. The molecule has 32 heavy (non-hydrogen) atoms. The Kier molecular flexibility index (Phi) is 143. The Morgan fingerprint density at radius 3 is 0.344 bits per heavy atom. The van der Waals surface area contributed by atoms with Crippen molar-refractivity contribution in [2.45, 2.75) is 138 Å². The van der Waals surface area contributed by atoms with Crippen LogP contribution in [0.15, 0.2) is 0 Å². The minimum Gasteiger partial charge on any atom is 0 e. The van der Waals surface area contributed by atoms with E-state index in [-0.39, 0.29) is 93.5 Å². The van der Waals surface area contributed by atoms with Gasteiger partial charge < -0.3 is 0 Å². The van der Waals surface area contributed by atoms with Crippen LogP contribution in [0.4, 0.5) is 0 Å². The number of hydrogen-bond donors (Lipinski definition) is 0. The van der Waals surface area contributed by atoms with Gasteiger partial charge in [-0.2, -0.15) is 0 Å². The average Bonchev–Trinajstić information content (AvgIpc) is 2.34. The Bertz CT molecular complexity index is 134. The van der Waals surface area contributed by atoms with Gasteiger partial charge in [-0.15, -0.1) is 0 Å². The molecule has 0 nitrogen and oxygen atoms in total. The molecule has 0 aliphatic carbocycles. The maximum Gasteiger partial charge on any atom is 0 e. The van der Waals surface area contributed by atoms with Crippen molar-refractivity contribution in [2.24, 2.45) is 0 Å². The summed E-state index contributed by atoms with van der Waals surface area (Å²) < 4.78 is 0. The summed E-state index contributed by atoms with van der Waals surface area (Å²) in [6, 6.07) is 0. The van der Waals surface area contributed by atoms with Crippen molar-refractivity contribution in [3.63, 3.8) is 0 Å². The zero-order chi connectivity index (χ0) is 26.9. The molecule has 0 heterocycles. The summed E-state index contributed by atoms with van der Waals surface area (Å²) in [5, 5.41) is 0. The molecule has 10 heteroatoms. The first-order valence-corrected chi connectivity index (χ1v) is 40.7. The van der Waals surface area contributed by atoms with E-state index in [1.165, 1.54) is 0 Å². The first kappa shape index (κ1) is 65.1. The Balaban J connectivity index is -0.0000000215. The van der Waals surface area contributed by atoms with Crippen LogP contribution in [0.5, 0.6) is 0 Å². The molecule has 18 radical (unpaired) electrons. The summed E-state index contributed by atoms with van der Waals surface area (Å²) in [4.78, 5) is 0. The molecule has 0 saturated carbocycles. The maximum atomic E-state index is 2.33. The van der Waals surface area contributed by atoms with E-state index in [9.17, 15) is 0 Å². The second-order valence-corrected chi connectivity index (χ2v) is 35.5. The Hall–Kier alpha value is 3.80. The molecule has 0 fully saturated rings. The molecule has 194 valence electrons. The van der Waals surface area contributed by atoms with Gasteiger partial charge in [-0.25, -0.2) is 0 Å². The van der Waals surface area contributed by atoms with Crippen LogP contribution in [0, 0.1) is 0 Å². The van der Waals surface area contributed by atoms with Crippen molar-refractivity contribution in [2.75, 3.05) is 0 Å². The first-order chi connectivity index (χ1) is 13.2. The molecule has 0 unspecified atom stereocenters. The van der Waals surface area contributed by atoms with Crippen LogP contribution in [-0.2, 0) is 0 Å². The van der Waals surface area contributed by atoms with Gasteiger partial charge in [0.25, 0.3) is 0 Å². The molecular weight excluding hydrogens is 768 g/mol. The van der Waals surface area contributed by atoms with E-state index >= 15 is 0 Å². The van der Waals surface area contributed by atoms with Crippen LogP contribution in [0.2, 0.25) is 138 Å². The minimum atomic E-state index is -0.333. The van der Waals surface area contributed by atoms with Crippen molar-refractivity contribution in [1.82, 2.24) is 0 Å². The van der Waals surface area contributed by atoms with Gasteiger partial charge in [0.15, 0.2) is 0 Å². The second-order valence-electron chi connectivity index (χ2n) is 10.0. The van der Waals surface area contributed by atoms with Gasteiger partial charge in [0.05, 0.1) is 0 Å². The van der Waals surface area contributed by atoms with Crippen LogP contribution in [0.3, 0.4) is 0 Å². The SMILES string of the molecule is C[Si](C)C.C[Si](C)C.C[Si](C)C.C[Si](C)C.C[Si](C)C.[CH3][Ge]([CH3])[CH3].[CH3][Ge][CH3].[CH3][Ge][CH3].[Ge].[Ge]. The van der Waals surface area contributed by atoms with E-state index in [0.29, 0.717) is 30.9 Å². The molecule has 0 N–H and O–H groups in total. The molecule has 0 aromatic heterocycles.